The molecule has 0 aromatic heterocycles. The Morgan fingerprint density at radius 1 is 1.10 bits per heavy atom. The summed E-state index contributed by atoms with van der Waals surface area (Å²) in [6, 6.07) is 6.68. The van der Waals surface area contributed by atoms with Crippen LogP contribution >= 0.6 is 0 Å². The van der Waals surface area contributed by atoms with Crippen molar-refractivity contribution in [2.45, 2.75) is 19.3 Å². The molecule has 0 heterocycles. The fraction of sp³-hybridized carbons (Fsp3) is 0.400. The second kappa shape index (κ2) is 8.04. The number of carbonyl (C=O) groups excluding carboxylic acids is 2. The molecule has 0 bridgehead atoms. The maximum atomic E-state index is 11.9. The molecule has 21 heavy (non-hydrogen) atoms. The lowest BCUT2D eigenvalue weighted by Gasteiger charge is -2.15. The molecule has 0 atom stereocenters. The van der Waals surface area contributed by atoms with Crippen molar-refractivity contribution < 1.29 is 24.2 Å². The number of carboxylic acids is 1. The largest absolute Gasteiger partial charge is 0.497 e. The van der Waals surface area contributed by atoms with Gasteiger partial charge < -0.3 is 14.7 Å². The molecule has 0 aliphatic carbocycles. The first-order valence-corrected chi connectivity index (χ1v) is 6.57. The van der Waals surface area contributed by atoms with Gasteiger partial charge in [0.2, 0.25) is 5.91 Å². The van der Waals surface area contributed by atoms with Gasteiger partial charge in [0.15, 0.2) is 5.78 Å². The van der Waals surface area contributed by atoms with E-state index in [0.29, 0.717) is 11.3 Å². The second-order valence-electron chi connectivity index (χ2n) is 4.61. The minimum Gasteiger partial charge on any atom is -0.497 e. The van der Waals surface area contributed by atoms with Crippen LogP contribution < -0.4 is 4.74 Å². The number of hydrogen-bond donors (Lipinski definition) is 1. The monoisotopic (exact) mass is 293 g/mol. The van der Waals surface area contributed by atoms with Gasteiger partial charge in [-0.3, -0.25) is 14.4 Å². The summed E-state index contributed by atoms with van der Waals surface area (Å²) in [5.41, 5.74) is 0.525. The lowest BCUT2D eigenvalue weighted by Crippen LogP contribution is -2.29. The third kappa shape index (κ3) is 5.64. The SMILES string of the molecule is COc1ccc(C(=O)CCC(=O)N(C)CCC(=O)O)cc1. The molecule has 1 aromatic carbocycles. The Labute approximate surface area is 123 Å². The van der Waals surface area contributed by atoms with Gasteiger partial charge in [-0.2, -0.15) is 0 Å². The van der Waals surface area contributed by atoms with Crippen molar-refractivity contribution in [1.82, 2.24) is 4.90 Å². The van der Waals surface area contributed by atoms with Crippen LogP contribution in [0.4, 0.5) is 0 Å². The molecular weight excluding hydrogens is 274 g/mol. The number of carboxylic acid groups (broad SMARTS) is 1. The van der Waals surface area contributed by atoms with Gasteiger partial charge in [0, 0.05) is 32.0 Å². The minimum atomic E-state index is -0.955. The Hall–Kier alpha value is -2.37. The number of rotatable bonds is 8. The minimum absolute atomic E-state index is 0.0704. The Kier molecular flexibility index (Phi) is 6.39. The van der Waals surface area contributed by atoms with Crippen LogP contribution in [0.25, 0.3) is 0 Å². The predicted molar refractivity (Wildman–Crippen MR) is 76.4 cm³/mol. The van der Waals surface area contributed by atoms with E-state index in [9.17, 15) is 14.4 Å². The van der Waals surface area contributed by atoms with E-state index in [0.717, 1.165) is 0 Å². The van der Waals surface area contributed by atoms with Crippen molar-refractivity contribution in [1.29, 1.82) is 0 Å². The average Bonchev–Trinajstić information content (AvgIpc) is 2.49. The molecule has 0 fully saturated rings. The molecular formula is C15H19NO5. The van der Waals surface area contributed by atoms with Crippen LogP contribution in [0.5, 0.6) is 5.75 Å². The number of aliphatic carboxylic acids is 1. The molecule has 6 heteroatoms. The number of hydrogen-bond acceptors (Lipinski definition) is 4. The van der Waals surface area contributed by atoms with Crippen LogP contribution in [0, 0.1) is 0 Å². The van der Waals surface area contributed by atoms with Gasteiger partial charge in [0.05, 0.1) is 13.5 Å². The molecule has 0 saturated heterocycles. The number of ketones is 1. The molecule has 1 N–H and O–H groups in total. The lowest BCUT2D eigenvalue weighted by atomic mass is 10.1. The van der Waals surface area contributed by atoms with E-state index in [1.807, 2.05) is 0 Å². The van der Waals surface area contributed by atoms with Crippen LogP contribution in [0.1, 0.15) is 29.6 Å². The number of ether oxygens (including phenoxy) is 1. The zero-order valence-corrected chi connectivity index (χ0v) is 12.2. The van der Waals surface area contributed by atoms with Gasteiger partial charge in [-0.25, -0.2) is 0 Å². The van der Waals surface area contributed by atoms with Crippen LogP contribution in [-0.4, -0.2) is 48.4 Å². The molecule has 1 aromatic rings. The first-order valence-electron chi connectivity index (χ1n) is 6.57. The zero-order chi connectivity index (χ0) is 15.8. The quantitative estimate of drug-likeness (QED) is 0.736. The van der Waals surface area contributed by atoms with Gasteiger partial charge in [0.1, 0.15) is 5.75 Å². The summed E-state index contributed by atoms with van der Waals surface area (Å²) in [5, 5.41) is 8.55. The maximum absolute atomic E-state index is 11.9. The van der Waals surface area contributed by atoms with Crippen molar-refractivity contribution in [2.75, 3.05) is 20.7 Å². The smallest absolute Gasteiger partial charge is 0.305 e. The molecule has 0 spiro atoms. The normalized spacial score (nSPS) is 10.0. The van der Waals surface area contributed by atoms with E-state index in [4.69, 9.17) is 9.84 Å². The zero-order valence-electron chi connectivity index (χ0n) is 12.2. The third-order valence-electron chi connectivity index (χ3n) is 3.06. The Morgan fingerprint density at radius 2 is 1.71 bits per heavy atom. The van der Waals surface area contributed by atoms with Gasteiger partial charge >= 0.3 is 5.97 Å². The summed E-state index contributed by atoms with van der Waals surface area (Å²) in [6.07, 6.45) is 0.0677. The second-order valence-corrected chi connectivity index (χ2v) is 4.61. The average molecular weight is 293 g/mol. The van der Waals surface area contributed by atoms with E-state index in [1.54, 1.807) is 31.4 Å². The summed E-state index contributed by atoms with van der Waals surface area (Å²) in [5.74, 6) is -0.657. The summed E-state index contributed by atoms with van der Waals surface area (Å²) >= 11 is 0. The highest BCUT2D eigenvalue weighted by Gasteiger charge is 2.13. The van der Waals surface area contributed by atoms with Gasteiger partial charge in [0.25, 0.3) is 0 Å². The molecule has 0 radical (unpaired) electrons. The lowest BCUT2D eigenvalue weighted by molar-refractivity contribution is -0.138. The van der Waals surface area contributed by atoms with E-state index < -0.39 is 5.97 Å². The van der Waals surface area contributed by atoms with Crippen molar-refractivity contribution in [3.05, 3.63) is 29.8 Å². The number of benzene rings is 1. The topological polar surface area (TPSA) is 83.9 Å². The molecule has 0 aliphatic rings. The van der Waals surface area contributed by atoms with Crippen LogP contribution in [0.2, 0.25) is 0 Å². The standard InChI is InChI=1S/C15H19NO5/c1-16(10-9-15(19)20)14(18)8-7-13(17)11-3-5-12(21-2)6-4-11/h3-6H,7-10H2,1-2H3,(H,19,20). The number of amides is 1. The molecule has 114 valence electrons. The maximum Gasteiger partial charge on any atom is 0.305 e. The summed E-state index contributed by atoms with van der Waals surface area (Å²) in [6.45, 7) is 0.144. The van der Waals surface area contributed by atoms with Gasteiger partial charge in [-0.1, -0.05) is 0 Å². The van der Waals surface area contributed by atoms with Crippen LogP contribution in [0.3, 0.4) is 0 Å². The van der Waals surface area contributed by atoms with Crippen molar-refractivity contribution in [3.63, 3.8) is 0 Å². The summed E-state index contributed by atoms with van der Waals surface area (Å²) in [7, 11) is 3.07. The summed E-state index contributed by atoms with van der Waals surface area (Å²) < 4.78 is 5.00. The van der Waals surface area contributed by atoms with Crippen LogP contribution in [0.15, 0.2) is 24.3 Å². The van der Waals surface area contributed by atoms with Crippen molar-refractivity contribution in [3.8, 4) is 5.75 Å². The van der Waals surface area contributed by atoms with E-state index in [2.05, 4.69) is 0 Å². The fourth-order valence-corrected chi connectivity index (χ4v) is 1.72. The predicted octanol–water partition coefficient (Wildman–Crippen LogP) is 1.59. The highest BCUT2D eigenvalue weighted by Crippen LogP contribution is 2.13. The Morgan fingerprint density at radius 3 is 2.24 bits per heavy atom. The van der Waals surface area contributed by atoms with Gasteiger partial charge in [-0.05, 0) is 24.3 Å². The molecule has 0 saturated carbocycles. The summed E-state index contributed by atoms with van der Waals surface area (Å²) in [4.78, 5) is 35.4. The van der Waals surface area contributed by atoms with Crippen LogP contribution in [-0.2, 0) is 9.59 Å². The first kappa shape index (κ1) is 16.7. The Bertz CT molecular complexity index is 509. The molecule has 1 rings (SSSR count). The highest BCUT2D eigenvalue weighted by atomic mass is 16.5. The number of nitrogens with zero attached hydrogens (tertiary/aromatic N) is 1. The first-order chi connectivity index (χ1) is 9.93. The highest BCUT2D eigenvalue weighted by molar-refractivity contribution is 5.98. The molecule has 0 unspecified atom stereocenters. The molecule has 6 nitrogen and oxygen atoms in total. The number of carbonyl (C=O) groups is 3. The van der Waals surface area contributed by atoms with E-state index in [1.165, 1.54) is 11.9 Å². The van der Waals surface area contributed by atoms with Crippen molar-refractivity contribution in [2.24, 2.45) is 0 Å². The third-order valence-corrected chi connectivity index (χ3v) is 3.06. The number of methoxy groups -OCH3 is 1. The van der Waals surface area contributed by atoms with Gasteiger partial charge in [-0.15, -0.1) is 0 Å². The molecule has 1 amide bonds. The van der Waals surface area contributed by atoms with Crippen molar-refractivity contribution >= 4 is 17.7 Å². The van der Waals surface area contributed by atoms with E-state index >= 15 is 0 Å². The fourth-order valence-electron chi connectivity index (χ4n) is 1.72. The number of Topliss-reactive ketones (excluding diaryl/α,β-unsaturated/α-hetero) is 1. The molecule has 0 aliphatic heterocycles. The van der Waals surface area contributed by atoms with E-state index in [-0.39, 0.29) is 37.5 Å². The Balaban J connectivity index is 2.44.